The summed E-state index contributed by atoms with van der Waals surface area (Å²) >= 11 is 14.9. The Morgan fingerprint density at radius 3 is 1.37 bits per heavy atom. The molecule has 0 saturated heterocycles. The second-order valence-corrected chi connectivity index (χ2v) is 20.4. The van der Waals surface area contributed by atoms with E-state index in [1.807, 2.05) is 50.2 Å². The van der Waals surface area contributed by atoms with Crippen LogP contribution in [0.1, 0.15) is 130 Å². The Labute approximate surface area is 382 Å². The van der Waals surface area contributed by atoms with Crippen molar-refractivity contribution in [1.82, 2.24) is 31.2 Å². The molecule has 8 rings (SSSR count). The van der Waals surface area contributed by atoms with Crippen LogP contribution in [-0.2, 0) is 22.7 Å². The Morgan fingerprint density at radius 2 is 1.00 bits per heavy atom. The third-order valence-electron chi connectivity index (χ3n) is 12.0. The van der Waals surface area contributed by atoms with Crippen molar-refractivity contribution in [2.75, 3.05) is 10.6 Å². The monoisotopic (exact) mass is 920 g/mol. The van der Waals surface area contributed by atoms with Crippen molar-refractivity contribution < 1.29 is 19.2 Å². The summed E-state index contributed by atoms with van der Waals surface area (Å²) in [6.45, 7) is 5.00. The lowest BCUT2D eigenvalue weighted by Gasteiger charge is -2.21. The van der Waals surface area contributed by atoms with Crippen molar-refractivity contribution in [3.63, 3.8) is 0 Å². The molecular weight excluding hydrogens is 864 g/mol. The molecule has 16 heteroatoms. The minimum absolute atomic E-state index is 0.0369. The van der Waals surface area contributed by atoms with E-state index in [0.717, 1.165) is 96.7 Å². The Morgan fingerprint density at radius 1 is 0.613 bits per heavy atom. The lowest BCUT2D eigenvalue weighted by Crippen LogP contribution is -2.48. The van der Waals surface area contributed by atoms with E-state index in [9.17, 15) is 19.2 Å². The van der Waals surface area contributed by atoms with E-state index in [1.165, 1.54) is 48.4 Å². The van der Waals surface area contributed by atoms with Crippen LogP contribution in [0.25, 0.3) is 0 Å². The van der Waals surface area contributed by atoms with Crippen molar-refractivity contribution in [3.05, 3.63) is 89.7 Å². The molecule has 4 aliphatic rings. The van der Waals surface area contributed by atoms with E-state index in [1.54, 1.807) is 12.4 Å². The van der Waals surface area contributed by atoms with Crippen molar-refractivity contribution in [2.24, 2.45) is 11.8 Å². The van der Waals surface area contributed by atoms with Gasteiger partial charge in [-0.1, -0.05) is 74.6 Å². The highest BCUT2D eigenvalue weighted by atomic mass is 35.5. The Balaban J connectivity index is 0.000000186. The summed E-state index contributed by atoms with van der Waals surface area (Å²) in [5, 5.41) is 20.0. The van der Waals surface area contributed by atoms with E-state index in [4.69, 9.17) is 23.2 Å². The van der Waals surface area contributed by atoms with E-state index in [0.29, 0.717) is 56.8 Å². The van der Waals surface area contributed by atoms with Crippen LogP contribution in [0.4, 0.5) is 11.4 Å². The molecule has 0 radical (unpaired) electrons. The second kappa shape index (κ2) is 21.9. The molecule has 4 amide bonds. The van der Waals surface area contributed by atoms with Gasteiger partial charge >= 0.3 is 0 Å². The summed E-state index contributed by atoms with van der Waals surface area (Å²) in [5.74, 6) is 0.618. The Bertz CT molecular complexity index is 2030. The lowest BCUT2D eigenvalue weighted by molar-refractivity contribution is -0.124. The maximum Gasteiger partial charge on any atom is 0.262 e. The van der Waals surface area contributed by atoms with Crippen LogP contribution >= 0.6 is 45.9 Å². The van der Waals surface area contributed by atoms with Gasteiger partial charge in [0.05, 0.1) is 42.6 Å². The zero-order chi connectivity index (χ0) is 43.6. The number of thiophene rings is 2. The first-order valence-electron chi connectivity index (χ1n) is 22.1. The number of anilines is 2. The predicted octanol–water partition coefficient (Wildman–Crippen LogP) is 9.35. The number of carbonyl (C=O) groups excluding carboxylic acids is 4. The maximum absolute atomic E-state index is 12.9. The van der Waals surface area contributed by atoms with Gasteiger partial charge in [0.1, 0.15) is 12.1 Å². The summed E-state index contributed by atoms with van der Waals surface area (Å²) in [7, 11) is 0. The largest absolute Gasteiger partial charge is 0.379 e. The molecule has 4 aliphatic carbocycles. The molecule has 12 nitrogen and oxygen atoms in total. The second-order valence-electron chi connectivity index (χ2n) is 17.2. The van der Waals surface area contributed by atoms with Crippen LogP contribution in [0.15, 0.2) is 48.8 Å². The van der Waals surface area contributed by atoms with E-state index in [-0.39, 0.29) is 23.6 Å². The number of nitrogens with zero attached hydrogens (tertiary/aromatic N) is 2. The summed E-state index contributed by atoms with van der Waals surface area (Å²) in [4.78, 5) is 63.0. The molecule has 0 bridgehead atoms. The van der Waals surface area contributed by atoms with Crippen molar-refractivity contribution in [3.8, 4) is 0 Å². The third-order valence-corrected chi connectivity index (χ3v) is 14.5. The summed E-state index contributed by atoms with van der Waals surface area (Å²) in [6, 6.07) is 10.9. The molecule has 2 atom stereocenters. The average Bonchev–Trinajstić information content (AvgIpc) is 3.88. The molecular formula is C46H58Cl2N8O4S2. The van der Waals surface area contributed by atoms with Crippen molar-refractivity contribution in [1.29, 1.82) is 0 Å². The van der Waals surface area contributed by atoms with Gasteiger partial charge in [-0.15, -0.1) is 22.7 Å². The number of nitrogens with one attached hydrogen (secondary N) is 6. The van der Waals surface area contributed by atoms with Gasteiger partial charge in [-0.3, -0.25) is 29.1 Å². The third kappa shape index (κ3) is 13.9. The normalized spacial score (nSPS) is 17.4. The molecule has 4 aromatic heterocycles. The number of amides is 4. The Kier molecular flexibility index (Phi) is 16.2. The number of carbonyl (C=O) groups is 4. The van der Waals surface area contributed by atoms with E-state index in [2.05, 4.69) is 41.9 Å². The van der Waals surface area contributed by atoms with E-state index < -0.39 is 12.1 Å². The SMILES string of the molecule is Cc1ncc(Cl)cc1NCc1ccc(C(=O)N[C@@H](CC2CCCC2)C(=O)NC2CC2)s1.Cc1ncc(Cl)cc1NCc1ccc(C(=O)N[C@@H](CC2CCCC2)C(=O)NC2CC2)s1. The van der Waals surface area contributed by atoms with Crippen LogP contribution in [0, 0.1) is 25.7 Å². The van der Waals surface area contributed by atoms with Gasteiger partial charge in [-0.25, -0.2) is 0 Å². The molecule has 62 heavy (non-hydrogen) atoms. The topological polar surface area (TPSA) is 166 Å². The molecule has 4 saturated carbocycles. The van der Waals surface area contributed by atoms with Gasteiger partial charge in [0.2, 0.25) is 11.8 Å². The smallest absolute Gasteiger partial charge is 0.262 e. The highest BCUT2D eigenvalue weighted by molar-refractivity contribution is 7.14. The zero-order valence-corrected chi connectivity index (χ0v) is 38.6. The molecule has 332 valence electrons. The predicted molar refractivity (Wildman–Crippen MR) is 249 cm³/mol. The molecule has 0 aromatic carbocycles. The van der Waals surface area contributed by atoms with Crippen LogP contribution in [0.3, 0.4) is 0 Å². The first-order chi connectivity index (χ1) is 29.9. The van der Waals surface area contributed by atoms with Crippen molar-refractivity contribution in [2.45, 2.75) is 141 Å². The zero-order valence-electron chi connectivity index (χ0n) is 35.5. The molecule has 4 heterocycles. The molecule has 6 N–H and O–H groups in total. The van der Waals surface area contributed by atoms with Gasteiger partial charge in [0, 0.05) is 47.3 Å². The molecule has 0 spiro atoms. The summed E-state index contributed by atoms with van der Waals surface area (Å²) < 4.78 is 0. The van der Waals surface area contributed by atoms with Gasteiger partial charge in [-0.2, -0.15) is 0 Å². The molecule has 0 aliphatic heterocycles. The number of pyridine rings is 2. The standard InChI is InChI=1S/2C23H29ClN4O2S/c2*1-14-19(11-16(24)12-25-14)26-13-18-8-9-21(31-18)23(30)28-20(10-15-4-2-3-5-15)22(29)27-17-6-7-17/h2*8-9,11-12,15,17,20,26H,2-7,10,13H2,1H3,(H,27,29)(H,28,30)/t2*20-/m00/s1. The number of aromatic nitrogens is 2. The first kappa shape index (κ1) is 45.8. The van der Waals surface area contributed by atoms with Gasteiger partial charge in [0.15, 0.2) is 0 Å². The van der Waals surface area contributed by atoms with Crippen LogP contribution in [0.5, 0.6) is 0 Å². The van der Waals surface area contributed by atoms with Gasteiger partial charge < -0.3 is 31.9 Å². The molecule has 0 unspecified atom stereocenters. The lowest BCUT2D eigenvalue weighted by atomic mass is 9.97. The molecule has 4 fully saturated rings. The Hall–Kier alpha value is -4.24. The summed E-state index contributed by atoms with van der Waals surface area (Å²) in [6.07, 6.45) is 18.3. The van der Waals surface area contributed by atoms with Crippen LogP contribution < -0.4 is 31.9 Å². The van der Waals surface area contributed by atoms with Gasteiger partial charge in [-0.05, 0) is 101 Å². The quantitative estimate of drug-likeness (QED) is 0.0575. The highest BCUT2D eigenvalue weighted by Gasteiger charge is 2.33. The van der Waals surface area contributed by atoms with Gasteiger partial charge in [0.25, 0.3) is 11.8 Å². The van der Waals surface area contributed by atoms with Crippen LogP contribution in [-0.4, -0.2) is 57.8 Å². The maximum atomic E-state index is 12.9. The van der Waals surface area contributed by atoms with Crippen LogP contribution in [0.2, 0.25) is 10.0 Å². The number of aryl methyl sites for hydroxylation is 2. The minimum atomic E-state index is -0.458. The molecule has 4 aromatic rings. The fourth-order valence-electron chi connectivity index (χ4n) is 8.07. The van der Waals surface area contributed by atoms with E-state index >= 15 is 0 Å². The number of hydrogen-bond donors (Lipinski definition) is 6. The fraction of sp³-hybridized carbons (Fsp3) is 0.522. The average molecular weight is 922 g/mol. The summed E-state index contributed by atoms with van der Waals surface area (Å²) in [5.41, 5.74) is 3.49. The minimum Gasteiger partial charge on any atom is -0.379 e. The number of rotatable bonds is 18. The number of hydrogen-bond acceptors (Lipinski definition) is 10. The number of halogens is 2. The van der Waals surface area contributed by atoms with Crippen molar-refractivity contribution >= 4 is 80.9 Å². The highest BCUT2D eigenvalue weighted by Crippen LogP contribution is 2.31. The first-order valence-corrected chi connectivity index (χ1v) is 24.5. The fourth-order valence-corrected chi connectivity index (χ4v) is 10.1.